The molecule has 4 heterocycles. The van der Waals surface area contributed by atoms with E-state index in [1.165, 1.54) is 31.7 Å². The Morgan fingerprint density at radius 1 is 1.08 bits per heavy atom. The van der Waals surface area contributed by atoms with Gasteiger partial charge >= 0.3 is 11.9 Å². The number of nitrogens with zero attached hydrogens (tertiary/aromatic N) is 4. The van der Waals surface area contributed by atoms with Gasteiger partial charge in [-0.15, -0.1) is 0 Å². The van der Waals surface area contributed by atoms with Crippen molar-refractivity contribution in [3.8, 4) is 0 Å². The van der Waals surface area contributed by atoms with E-state index in [1.807, 2.05) is 6.92 Å². The third-order valence-electron chi connectivity index (χ3n) is 9.52. The van der Waals surface area contributed by atoms with E-state index in [1.54, 1.807) is 9.58 Å². The van der Waals surface area contributed by atoms with E-state index in [9.17, 15) is 22.8 Å². The van der Waals surface area contributed by atoms with Crippen LogP contribution in [0.2, 0.25) is 0 Å². The molecule has 0 aromatic carbocycles. The van der Waals surface area contributed by atoms with Crippen LogP contribution in [0.1, 0.15) is 75.5 Å². The lowest BCUT2D eigenvalue weighted by molar-refractivity contribution is -0.136. The summed E-state index contributed by atoms with van der Waals surface area (Å²) in [5.74, 6) is 1.29. The van der Waals surface area contributed by atoms with E-state index >= 15 is 0 Å². The van der Waals surface area contributed by atoms with Crippen molar-refractivity contribution in [2.75, 3.05) is 13.7 Å². The van der Waals surface area contributed by atoms with Gasteiger partial charge in [-0.05, 0) is 62.6 Å². The van der Waals surface area contributed by atoms with E-state index < -0.39 is 17.4 Å². The SMILES string of the molecule is C[C@@H]1CC(=O)NN1Cc1cc(C(F)(F)F)c2cn(C3CCCC([C@@H](C4CCC4)C4NNCN4C)C3)c(=O)n2c1. The number of rotatable bonds is 6. The predicted molar refractivity (Wildman–Crippen MR) is 139 cm³/mol. The number of pyridine rings is 1. The van der Waals surface area contributed by atoms with E-state index in [4.69, 9.17) is 0 Å². The molecule has 0 spiro atoms. The second-order valence-electron chi connectivity index (χ2n) is 12.1. The highest BCUT2D eigenvalue weighted by Gasteiger charge is 2.44. The van der Waals surface area contributed by atoms with Crippen LogP contribution in [-0.4, -0.2) is 50.7 Å². The number of hydrogen-bond donors (Lipinski definition) is 3. The largest absolute Gasteiger partial charge is 0.418 e. The molecule has 0 radical (unpaired) electrons. The fourth-order valence-electron chi connectivity index (χ4n) is 7.33. The minimum atomic E-state index is -4.62. The number of hydrazine groups is 2. The number of imidazole rings is 1. The average molecular weight is 550 g/mol. The maximum Gasteiger partial charge on any atom is 0.418 e. The second-order valence-corrected chi connectivity index (χ2v) is 12.1. The summed E-state index contributed by atoms with van der Waals surface area (Å²) in [6.07, 6.45) is 6.07. The van der Waals surface area contributed by atoms with Crippen molar-refractivity contribution in [1.29, 1.82) is 0 Å². The molecule has 2 aliphatic carbocycles. The minimum Gasteiger partial charge on any atom is -0.295 e. The van der Waals surface area contributed by atoms with E-state index in [-0.39, 0.29) is 42.6 Å². The van der Waals surface area contributed by atoms with Crippen molar-refractivity contribution in [2.24, 2.45) is 17.8 Å². The van der Waals surface area contributed by atoms with Crippen molar-refractivity contribution in [3.63, 3.8) is 0 Å². The zero-order valence-electron chi connectivity index (χ0n) is 22.5. The molecule has 1 amide bonds. The average Bonchev–Trinajstić information content (AvgIpc) is 3.52. The summed E-state index contributed by atoms with van der Waals surface area (Å²) >= 11 is 0. The summed E-state index contributed by atoms with van der Waals surface area (Å²) < 4.78 is 45.4. The van der Waals surface area contributed by atoms with Gasteiger partial charge in [0.15, 0.2) is 0 Å². The van der Waals surface area contributed by atoms with Gasteiger partial charge in [0.05, 0.1) is 23.9 Å². The molecule has 2 aromatic heterocycles. The van der Waals surface area contributed by atoms with Crippen LogP contribution in [0.15, 0.2) is 23.3 Å². The zero-order chi connectivity index (χ0) is 27.5. The fourth-order valence-corrected chi connectivity index (χ4v) is 7.33. The van der Waals surface area contributed by atoms with Crippen LogP contribution in [0.3, 0.4) is 0 Å². The summed E-state index contributed by atoms with van der Waals surface area (Å²) in [4.78, 5) is 27.7. The number of nitrogens with one attached hydrogen (secondary N) is 3. The number of amides is 1. The molecule has 39 heavy (non-hydrogen) atoms. The van der Waals surface area contributed by atoms with Crippen molar-refractivity contribution in [1.82, 2.24) is 35.2 Å². The number of alkyl halides is 3. The van der Waals surface area contributed by atoms with E-state index in [0.29, 0.717) is 23.3 Å². The highest BCUT2D eigenvalue weighted by Crippen LogP contribution is 2.47. The van der Waals surface area contributed by atoms with Gasteiger partial charge in [0.25, 0.3) is 0 Å². The highest BCUT2D eigenvalue weighted by atomic mass is 19.4. The predicted octanol–water partition coefficient (Wildman–Crippen LogP) is 3.22. The normalized spacial score (nSPS) is 30.1. The van der Waals surface area contributed by atoms with Crippen molar-refractivity contribution in [3.05, 3.63) is 40.1 Å². The molecule has 214 valence electrons. The Hall–Kier alpha value is -2.41. The summed E-state index contributed by atoms with van der Waals surface area (Å²) in [5, 5.41) is 1.63. The minimum absolute atomic E-state index is 0.0913. The Kier molecular flexibility index (Phi) is 7.01. The maximum absolute atomic E-state index is 14.2. The van der Waals surface area contributed by atoms with Crippen molar-refractivity contribution < 1.29 is 18.0 Å². The number of hydrogen-bond acceptors (Lipinski definition) is 6. The van der Waals surface area contributed by atoms with E-state index in [0.717, 1.165) is 42.8 Å². The molecule has 0 bridgehead atoms. The smallest absolute Gasteiger partial charge is 0.295 e. The first-order chi connectivity index (χ1) is 18.6. The van der Waals surface area contributed by atoms with Gasteiger partial charge in [-0.2, -0.15) is 13.2 Å². The quantitative estimate of drug-likeness (QED) is 0.513. The summed E-state index contributed by atoms with van der Waals surface area (Å²) in [7, 11) is 2.11. The summed E-state index contributed by atoms with van der Waals surface area (Å²) in [6.45, 7) is 2.71. The molecule has 2 aromatic rings. The third kappa shape index (κ3) is 5.00. The molecular formula is C27H38F3N7O2. The van der Waals surface area contributed by atoms with Crippen LogP contribution in [0.5, 0.6) is 0 Å². The van der Waals surface area contributed by atoms with Crippen LogP contribution >= 0.6 is 0 Å². The van der Waals surface area contributed by atoms with Gasteiger partial charge in [-0.3, -0.25) is 24.1 Å². The maximum atomic E-state index is 14.2. The third-order valence-corrected chi connectivity index (χ3v) is 9.52. The lowest BCUT2D eigenvalue weighted by Gasteiger charge is -2.46. The van der Waals surface area contributed by atoms with Gasteiger partial charge < -0.3 is 0 Å². The monoisotopic (exact) mass is 549 g/mol. The van der Waals surface area contributed by atoms with Gasteiger partial charge in [0.1, 0.15) is 0 Å². The molecule has 4 aliphatic rings. The molecule has 6 rings (SSSR count). The molecular weight excluding hydrogens is 511 g/mol. The van der Waals surface area contributed by atoms with Gasteiger partial charge in [-0.25, -0.2) is 20.7 Å². The summed E-state index contributed by atoms with van der Waals surface area (Å²) in [5.41, 5.74) is 8.37. The Morgan fingerprint density at radius 2 is 1.82 bits per heavy atom. The first kappa shape index (κ1) is 26.8. The second kappa shape index (κ2) is 10.2. The zero-order valence-corrected chi connectivity index (χ0v) is 22.5. The molecule has 3 N–H and O–H groups in total. The van der Waals surface area contributed by atoms with Crippen LogP contribution in [-0.2, 0) is 17.5 Å². The lowest BCUT2D eigenvalue weighted by Crippen LogP contribution is -2.50. The number of halogens is 3. The van der Waals surface area contributed by atoms with Gasteiger partial charge in [0.2, 0.25) is 5.91 Å². The Labute approximate surface area is 225 Å². The lowest BCUT2D eigenvalue weighted by atomic mass is 9.65. The topological polar surface area (TPSA) is 86.1 Å². The number of carbonyl (C=O) groups is 1. The van der Waals surface area contributed by atoms with Crippen LogP contribution < -0.4 is 22.0 Å². The van der Waals surface area contributed by atoms with Crippen molar-refractivity contribution >= 4 is 11.4 Å². The Morgan fingerprint density at radius 3 is 2.44 bits per heavy atom. The first-order valence-corrected chi connectivity index (χ1v) is 14.2. The number of aromatic nitrogens is 2. The molecule has 12 heteroatoms. The Balaban J connectivity index is 1.32. The molecule has 5 atom stereocenters. The molecule has 2 saturated carbocycles. The number of fused-ring (bicyclic) bond motifs is 1. The Bertz CT molecular complexity index is 1290. The fraction of sp³-hybridized carbons (Fsp3) is 0.704. The highest BCUT2D eigenvalue weighted by molar-refractivity contribution is 5.77. The molecule has 3 unspecified atom stereocenters. The van der Waals surface area contributed by atoms with Gasteiger partial charge in [-0.1, -0.05) is 25.7 Å². The van der Waals surface area contributed by atoms with E-state index in [2.05, 4.69) is 28.2 Å². The summed E-state index contributed by atoms with van der Waals surface area (Å²) in [6, 6.07) is 0.831. The van der Waals surface area contributed by atoms with Crippen LogP contribution in [0, 0.1) is 17.8 Å². The number of carbonyl (C=O) groups excluding carboxylic acids is 1. The molecule has 9 nitrogen and oxygen atoms in total. The van der Waals surface area contributed by atoms with Gasteiger partial charge in [0, 0.05) is 37.4 Å². The molecule has 2 saturated heterocycles. The first-order valence-electron chi connectivity index (χ1n) is 14.2. The van der Waals surface area contributed by atoms with Crippen LogP contribution in [0.25, 0.3) is 5.52 Å². The standard InChI is InChI=1S/C27H38F3N7O2/c1-16-9-23(38)33-37(16)13-17-10-21(27(28,29)30)22-14-35(26(39)36(22)12-17)20-8-4-7-19(11-20)24(18-5-3-6-18)25-32-31-15-34(25)2/h10,12,14,16,18-20,24-25,31-32H,3-9,11,13,15H2,1-2H3,(H,33,38)/t16-,19?,20?,24-,25?/m1/s1. The van der Waals surface area contributed by atoms with Crippen LogP contribution in [0.4, 0.5) is 13.2 Å². The molecule has 2 aliphatic heterocycles. The van der Waals surface area contributed by atoms with Crippen molar-refractivity contribution in [2.45, 2.75) is 89.3 Å². The molecule has 4 fully saturated rings.